The fraction of sp³-hybridized carbons (Fsp3) is 0.357. The lowest BCUT2D eigenvalue weighted by atomic mass is 10.2. The summed E-state index contributed by atoms with van der Waals surface area (Å²) in [6.45, 7) is 7.62. The maximum absolute atomic E-state index is 6.28. The molecule has 1 aromatic heterocycles. The van der Waals surface area contributed by atoms with E-state index in [0.29, 0.717) is 6.54 Å². The molecule has 0 fully saturated rings. The van der Waals surface area contributed by atoms with Crippen LogP contribution in [0.4, 0.5) is 5.69 Å². The quantitative estimate of drug-likeness (QED) is 0.910. The fourth-order valence-corrected chi connectivity index (χ4v) is 2.19. The Morgan fingerprint density at radius 3 is 2.67 bits per heavy atom. The number of aryl methyl sites for hydroxylation is 3. The molecule has 0 aliphatic rings. The van der Waals surface area contributed by atoms with Gasteiger partial charge in [0, 0.05) is 12.2 Å². The highest BCUT2D eigenvalue weighted by Gasteiger charge is 2.12. The van der Waals surface area contributed by atoms with Crippen molar-refractivity contribution in [3.8, 4) is 0 Å². The van der Waals surface area contributed by atoms with Gasteiger partial charge in [-0.3, -0.25) is 4.68 Å². The molecule has 0 aliphatic carbocycles. The largest absolute Gasteiger partial charge is 0.379 e. The van der Waals surface area contributed by atoms with Gasteiger partial charge < -0.3 is 5.32 Å². The van der Waals surface area contributed by atoms with Crippen LogP contribution in [0.5, 0.6) is 0 Å². The number of para-hydroxylation sites is 1. The van der Waals surface area contributed by atoms with E-state index in [1.165, 1.54) is 5.56 Å². The monoisotopic (exact) mass is 263 g/mol. The highest BCUT2D eigenvalue weighted by molar-refractivity contribution is 6.31. The molecule has 2 rings (SSSR count). The van der Waals surface area contributed by atoms with Gasteiger partial charge in [-0.1, -0.05) is 29.8 Å². The molecule has 0 aliphatic heterocycles. The molecule has 0 saturated heterocycles. The summed E-state index contributed by atoms with van der Waals surface area (Å²) in [6.07, 6.45) is 0. The molecular formula is C14H18ClN3. The smallest absolute Gasteiger partial charge is 0.0865 e. The maximum Gasteiger partial charge on any atom is 0.0865 e. The third-order valence-electron chi connectivity index (χ3n) is 3.04. The van der Waals surface area contributed by atoms with Gasteiger partial charge >= 0.3 is 0 Å². The summed E-state index contributed by atoms with van der Waals surface area (Å²) in [7, 11) is 0. The van der Waals surface area contributed by atoms with Crippen LogP contribution in [0, 0.1) is 13.8 Å². The van der Waals surface area contributed by atoms with E-state index in [4.69, 9.17) is 11.6 Å². The Balaban J connectivity index is 2.18. The van der Waals surface area contributed by atoms with Crippen molar-refractivity contribution < 1.29 is 0 Å². The molecule has 96 valence electrons. The molecule has 0 amide bonds. The summed E-state index contributed by atoms with van der Waals surface area (Å²) in [5, 5.41) is 8.58. The average Bonchev–Trinajstić information content (AvgIpc) is 2.65. The van der Waals surface area contributed by atoms with Crippen molar-refractivity contribution in [3.05, 3.63) is 46.2 Å². The van der Waals surface area contributed by atoms with Gasteiger partial charge in [-0.05, 0) is 32.4 Å². The van der Waals surface area contributed by atoms with Crippen LogP contribution in [0.2, 0.25) is 5.02 Å². The Labute approximate surface area is 113 Å². The van der Waals surface area contributed by atoms with Crippen LogP contribution in [0.3, 0.4) is 0 Å². The van der Waals surface area contributed by atoms with Crippen LogP contribution in [0.1, 0.15) is 23.9 Å². The number of halogens is 1. The molecule has 0 spiro atoms. The predicted octanol–water partition coefficient (Wildman–Crippen LogP) is 3.79. The molecule has 0 saturated carbocycles. The Kier molecular flexibility index (Phi) is 3.92. The van der Waals surface area contributed by atoms with Crippen LogP contribution < -0.4 is 5.32 Å². The standard InChI is InChI=1S/C14H18ClN3/c1-4-18-13(14(15)11(3)17-18)9-16-12-8-6-5-7-10(12)2/h5-8,16H,4,9H2,1-3H3. The predicted molar refractivity (Wildman–Crippen MR) is 76.2 cm³/mol. The normalized spacial score (nSPS) is 10.7. The van der Waals surface area contributed by atoms with Crippen LogP contribution >= 0.6 is 11.6 Å². The first kappa shape index (κ1) is 13.0. The van der Waals surface area contributed by atoms with Crippen LogP contribution in [0.25, 0.3) is 0 Å². The summed E-state index contributed by atoms with van der Waals surface area (Å²) in [4.78, 5) is 0. The Bertz CT molecular complexity index is 546. The lowest BCUT2D eigenvalue weighted by molar-refractivity contribution is 0.623. The number of nitrogens with one attached hydrogen (secondary N) is 1. The molecule has 4 heteroatoms. The zero-order chi connectivity index (χ0) is 13.1. The van der Waals surface area contributed by atoms with Gasteiger partial charge in [0.05, 0.1) is 23.0 Å². The van der Waals surface area contributed by atoms with Gasteiger partial charge in [0.15, 0.2) is 0 Å². The van der Waals surface area contributed by atoms with Gasteiger partial charge in [-0.15, -0.1) is 0 Å². The van der Waals surface area contributed by atoms with E-state index in [0.717, 1.165) is 28.6 Å². The molecule has 3 nitrogen and oxygen atoms in total. The number of anilines is 1. The summed E-state index contributed by atoms with van der Waals surface area (Å²) in [5.41, 5.74) is 4.29. The van der Waals surface area contributed by atoms with E-state index < -0.39 is 0 Å². The lowest BCUT2D eigenvalue weighted by Gasteiger charge is -2.10. The first-order chi connectivity index (χ1) is 8.63. The highest BCUT2D eigenvalue weighted by atomic mass is 35.5. The van der Waals surface area contributed by atoms with E-state index in [1.807, 2.05) is 23.7 Å². The second-order valence-corrected chi connectivity index (χ2v) is 4.71. The van der Waals surface area contributed by atoms with Crippen molar-refractivity contribution >= 4 is 17.3 Å². The highest BCUT2D eigenvalue weighted by Crippen LogP contribution is 2.22. The van der Waals surface area contributed by atoms with E-state index in [1.54, 1.807) is 0 Å². The number of nitrogens with zero attached hydrogens (tertiary/aromatic N) is 2. The molecule has 1 aromatic carbocycles. The average molecular weight is 264 g/mol. The number of aromatic nitrogens is 2. The van der Waals surface area contributed by atoms with Crippen molar-refractivity contribution in [3.63, 3.8) is 0 Å². The molecule has 0 atom stereocenters. The number of rotatable bonds is 4. The van der Waals surface area contributed by atoms with Gasteiger partial charge in [0.2, 0.25) is 0 Å². The lowest BCUT2D eigenvalue weighted by Crippen LogP contribution is -2.08. The van der Waals surface area contributed by atoms with Crippen molar-refractivity contribution in [1.82, 2.24) is 9.78 Å². The van der Waals surface area contributed by atoms with Crippen LogP contribution in [-0.2, 0) is 13.1 Å². The molecule has 0 bridgehead atoms. The first-order valence-corrected chi connectivity index (χ1v) is 6.52. The number of hydrogen-bond donors (Lipinski definition) is 1. The van der Waals surface area contributed by atoms with Crippen molar-refractivity contribution in [2.75, 3.05) is 5.32 Å². The van der Waals surface area contributed by atoms with Crippen molar-refractivity contribution in [2.24, 2.45) is 0 Å². The maximum atomic E-state index is 6.28. The second kappa shape index (κ2) is 5.44. The number of hydrogen-bond acceptors (Lipinski definition) is 2. The van der Waals surface area contributed by atoms with Gasteiger partial charge in [0.25, 0.3) is 0 Å². The molecule has 0 unspecified atom stereocenters. The fourth-order valence-electron chi connectivity index (χ4n) is 1.99. The minimum absolute atomic E-state index is 0.693. The molecule has 1 N–H and O–H groups in total. The van der Waals surface area contributed by atoms with Gasteiger partial charge in [-0.25, -0.2) is 0 Å². The van der Waals surface area contributed by atoms with Crippen LogP contribution in [0.15, 0.2) is 24.3 Å². The number of benzene rings is 1. The van der Waals surface area contributed by atoms with E-state index in [9.17, 15) is 0 Å². The summed E-state index contributed by atoms with van der Waals surface area (Å²) in [5.74, 6) is 0. The summed E-state index contributed by atoms with van der Waals surface area (Å²) in [6, 6.07) is 8.22. The Morgan fingerprint density at radius 2 is 2.00 bits per heavy atom. The van der Waals surface area contributed by atoms with Gasteiger partial charge in [-0.2, -0.15) is 5.10 Å². The second-order valence-electron chi connectivity index (χ2n) is 4.33. The summed E-state index contributed by atoms with van der Waals surface area (Å²) >= 11 is 6.28. The molecule has 0 radical (unpaired) electrons. The molecule has 18 heavy (non-hydrogen) atoms. The Hall–Kier alpha value is -1.48. The third kappa shape index (κ3) is 2.51. The summed E-state index contributed by atoms with van der Waals surface area (Å²) < 4.78 is 1.95. The topological polar surface area (TPSA) is 29.9 Å². The zero-order valence-electron chi connectivity index (χ0n) is 11.0. The molecular weight excluding hydrogens is 246 g/mol. The van der Waals surface area contributed by atoms with E-state index in [2.05, 4.69) is 36.4 Å². The van der Waals surface area contributed by atoms with E-state index in [-0.39, 0.29) is 0 Å². The zero-order valence-corrected chi connectivity index (χ0v) is 11.8. The first-order valence-electron chi connectivity index (χ1n) is 6.14. The van der Waals surface area contributed by atoms with E-state index >= 15 is 0 Å². The van der Waals surface area contributed by atoms with Crippen LogP contribution in [-0.4, -0.2) is 9.78 Å². The third-order valence-corrected chi connectivity index (χ3v) is 3.54. The van der Waals surface area contributed by atoms with Crippen molar-refractivity contribution in [2.45, 2.75) is 33.9 Å². The Morgan fingerprint density at radius 1 is 1.28 bits per heavy atom. The van der Waals surface area contributed by atoms with Crippen molar-refractivity contribution in [1.29, 1.82) is 0 Å². The molecule has 2 aromatic rings. The molecule has 1 heterocycles. The minimum atomic E-state index is 0.693. The minimum Gasteiger partial charge on any atom is -0.379 e. The SMILES string of the molecule is CCn1nc(C)c(Cl)c1CNc1ccccc1C. The van der Waals surface area contributed by atoms with Gasteiger partial charge in [0.1, 0.15) is 0 Å².